The SMILES string of the molecule is CCc1ccccc1NS(=O)(=O)c1cc(Cl)sc1Cl. The molecule has 0 unspecified atom stereocenters. The summed E-state index contributed by atoms with van der Waals surface area (Å²) in [5.74, 6) is 0. The Hall–Kier alpha value is -0.750. The van der Waals surface area contributed by atoms with Crippen LogP contribution in [0, 0.1) is 0 Å². The Labute approximate surface area is 126 Å². The summed E-state index contributed by atoms with van der Waals surface area (Å²) >= 11 is 12.7. The number of nitrogens with one attached hydrogen (secondary N) is 1. The fourth-order valence-electron chi connectivity index (χ4n) is 1.64. The maximum Gasteiger partial charge on any atom is 0.264 e. The van der Waals surface area contributed by atoms with Crippen molar-refractivity contribution in [1.29, 1.82) is 0 Å². The van der Waals surface area contributed by atoms with Crippen LogP contribution in [0.25, 0.3) is 0 Å². The van der Waals surface area contributed by atoms with E-state index in [9.17, 15) is 8.42 Å². The average Bonchev–Trinajstić information content (AvgIpc) is 2.69. The van der Waals surface area contributed by atoms with Crippen LogP contribution in [0.3, 0.4) is 0 Å². The number of aryl methyl sites for hydroxylation is 1. The predicted molar refractivity (Wildman–Crippen MR) is 81.0 cm³/mol. The van der Waals surface area contributed by atoms with Crippen LogP contribution in [0.5, 0.6) is 0 Å². The fraction of sp³-hybridized carbons (Fsp3) is 0.167. The van der Waals surface area contributed by atoms with Gasteiger partial charge >= 0.3 is 0 Å². The lowest BCUT2D eigenvalue weighted by Crippen LogP contribution is -2.13. The van der Waals surface area contributed by atoms with Crippen molar-refractivity contribution in [2.75, 3.05) is 4.72 Å². The molecular weight excluding hydrogens is 325 g/mol. The van der Waals surface area contributed by atoms with Crippen LogP contribution < -0.4 is 4.72 Å². The van der Waals surface area contributed by atoms with Gasteiger partial charge in [0, 0.05) is 0 Å². The van der Waals surface area contributed by atoms with Crippen molar-refractivity contribution in [3.63, 3.8) is 0 Å². The maximum absolute atomic E-state index is 12.3. The van der Waals surface area contributed by atoms with Crippen molar-refractivity contribution in [2.45, 2.75) is 18.2 Å². The molecule has 0 amide bonds. The van der Waals surface area contributed by atoms with Gasteiger partial charge in [-0.1, -0.05) is 48.3 Å². The van der Waals surface area contributed by atoms with E-state index in [1.165, 1.54) is 6.07 Å². The third-order valence-corrected chi connectivity index (χ3v) is 5.68. The van der Waals surface area contributed by atoms with Gasteiger partial charge in [-0.3, -0.25) is 4.72 Å². The zero-order chi connectivity index (χ0) is 14.0. The Kier molecular flexibility index (Phi) is 4.40. The molecule has 102 valence electrons. The fourth-order valence-corrected chi connectivity index (χ4v) is 4.89. The van der Waals surface area contributed by atoms with E-state index in [-0.39, 0.29) is 9.23 Å². The summed E-state index contributed by atoms with van der Waals surface area (Å²) in [4.78, 5) is 0.00933. The molecule has 2 rings (SSSR count). The highest BCUT2D eigenvalue weighted by Gasteiger charge is 2.21. The largest absolute Gasteiger partial charge is 0.279 e. The highest BCUT2D eigenvalue weighted by atomic mass is 35.5. The van der Waals surface area contributed by atoms with Crippen LogP contribution in [0.1, 0.15) is 12.5 Å². The molecule has 1 heterocycles. The topological polar surface area (TPSA) is 46.2 Å². The number of sulfonamides is 1. The smallest absolute Gasteiger partial charge is 0.264 e. The summed E-state index contributed by atoms with van der Waals surface area (Å²) in [5.41, 5.74) is 1.48. The number of thiophene rings is 1. The van der Waals surface area contributed by atoms with Gasteiger partial charge in [0.05, 0.1) is 10.0 Å². The molecule has 1 N–H and O–H groups in total. The molecule has 0 atom stereocenters. The first-order chi connectivity index (χ1) is 8.94. The Morgan fingerprint density at radius 3 is 2.53 bits per heavy atom. The molecule has 3 nitrogen and oxygen atoms in total. The van der Waals surface area contributed by atoms with Crippen LogP contribution in [0.2, 0.25) is 8.67 Å². The van der Waals surface area contributed by atoms with E-state index in [0.717, 1.165) is 23.3 Å². The van der Waals surface area contributed by atoms with Crippen molar-refractivity contribution in [1.82, 2.24) is 0 Å². The van der Waals surface area contributed by atoms with Crippen molar-refractivity contribution < 1.29 is 8.42 Å². The lowest BCUT2D eigenvalue weighted by molar-refractivity contribution is 0.601. The molecule has 0 saturated carbocycles. The van der Waals surface area contributed by atoms with Crippen LogP contribution in [0.15, 0.2) is 35.2 Å². The van der Waals surface area contributed by atoms with E-state index < -0.39 is 10.0 Å². The molecule has 0 fully saturated rings. The second-order valence-corrected chi connectivity index (χ2v) is 7.74. The lowest BCUT2D eigenvalue weighted by Gasteiger charge is -2.10. The van der Waals surface area contributed by atoms with Crippen molar-refractivity contribution in [3.8, 4) is 0 Å². The van der Waals surface area contributed by atoms with E-state index in [1.54, 1.807) is 12.1 Å². The first kappa shape index (κ1) is 14.7. The average molecular weight is 336 g/mol. The van der Waals surface area contributed by atoms with Crippen molar-refractivity contribution in [2.24, 2.45) is 0 Å². The van der Waals surface area contributed by atoms with Gasteiger partial charge < -0.3 is 0 Å². The summed E-state index contributed by atoms with van der Waals surface area (Å²) in [7, 11) is -3.71. The van der Waals surface area contributed by atoms with Gasteiger partial charge in [0.15, 0.2) is 0 Å². The predicted octanol–water partition coefficient (Wildman–Crippen LogP) is 4.42. The minimum absolute atomic E-state index is 0.00933. The van der Waals surface area contributed by atoms with E-state index in [4.69, 9.17) is 23.2 Å². The number of para-hydroxylation sites is 1. The molecular formula is C12H11Cl2NO2S2. The molecule has 1 aromatic carbocycles. The van der Waals surface area contributed by atoms with E-state index >= 15 is 0 Å². The van der Waals surface area contributed by atoms with Gasteiger partial charge in [-0.2, -0.15) is 0 Å². The molecule has 19 heavy (non-hydrogen) atoms. The van der Waals surface area contributed by atoms with Gasteiger partial charge in [-0.15, -0.1) is 11.3 Å². The highest BCUT2D eigenvalue weighted by Crippen LogP contribution is 2.35. The number of hydrogen-bond donors (Lipinski definition) is 1. The zero-order valence-corrected chi connectivity index (χ0v) is 13.1. The van der Waals surface area contributed by atoms with E-state index in [0.29, 0.717) is 10.0 Å². The summed E-state index contributed by atoms with van der Waals surface area (Å²) in [5, 5.41) is 0. The quantitative estimate of drug-likeness (QED) is 0.898. The number of hydrogen-bond acceptors (Lipinski definition) is 3. The first-order valence-corrected chi connectivity index (χ1v) is 8.55. The molecule has 0 aliphatic carbocycles. The first-order valence-electron chi connectivity index (χ1n) is 5.49. The number of anilines is 1. The minimum Gasteiger partial charge on any atom is -0.279 e. The molecule has 1 aromatic heterocycles. The second kappa shape index (κ2) is 5.71. The van der Waals surface area contributed by atoms with Crippen LogP contribution in [-0.4, -0.2) is 8.42 Å². The Bertz CT molecular complexity index is 696. The van der Waals surface area contributed by atoms with Crippen molar-refractivity contribution >= 4 is 50.2 Å². The van der Waals surface area contributed by atoms with Gasteiger partial charge in [0.25, 0.3) is 10.0 Å². The Balaban J connectivity index is 2.39. The van der Waals surface area contributed by atoms with E-state index in [2.05, 4.69) is 4.72 Å². The van der Waals surface area contributed by atoms with Gasteiger partial charge in [0.2, 0.25) is 0 Å². The number of halogens is 2. The standard InChI is InChI=1S/C12H11Cl2NO2S2/c1-2-8-5-3-4-6-9(8)15-19(16,17)10-7-11(13)18-12(10)14/h3-7,15H,2H2,1H3. The summed E-state index contributed by atoms with van der Waals surface area (Å²) < 4.78 is 27.6. The van der Waals surface area contributed by atoms with Gasteiger partial charge in [-0.25, -0.2) is 8.42 Å². The molecule has 0 radical (unpaired) electrons. The summed E-state index contributed by atoms with van der Waals surface area (Å²) in [6.07, 6.45) is 0.733. The molecule has 0 aliphatic heterocycles. The van der Waals surface area contributed by atoms with Crippen LogP contribution in [-0.2, 0) is 16.4 Å². The third kappa shape index (κ3) is 3.23. The van der Waals surface area contributed by atoms with Gasteiger partial charge in [0.1, 0.15) is 9.23 Å². The maximum atomic E-state index is 12.3. The lowest BCUT2D eigenvalue weighted by atomic mass is 10.1. The Morgan fingerprint density at radius 2 is 1.95 bits per heavy atom. The normalized spacial score (nSPS) is 11.5. The van der Waals surface area contributed by atoms with Gasteiger partial charge in [-0.05, 0) is 24.1 Å². The highest BCUT2D eigenvalue weighted by molar-refractivity contribution is 7.93. The third-order valence-electron chi connectivity index (χ3n) is 2.56. The Morgan fingerprint density at radius 1 is 1.26 bits per heavy atom. The molecule has 0 spiro atoms. The summed E-state index contributed by atoms with van der Waals surface area (Å²) in [6, 6.07) is 8.59. The summed E-state index contributed by atoms with van der Waals surface area (Å²) in [6.45, 7) is 1.96. The van der Waals surface area contributed by atoms with E-state index in [1.807, 2.05) is 19.1 Å². The number of benzene rings is 1. The second-order valence-electron chi connectivity index (χ2n) is 3.80. The minimum atomic E-state index is -3.71. The van der Waals surface area contributed by atoms with Crippen LogP contribution >= 0.6 is 34.5 Å². The molecule has 0 saturated heterocycles. The van der Waals surface area contributed by atoms with Crippen molar-refractivity contribution in [3.05, 3.63) is 44.6 Å². The molecule has 2 aromatic rings. The number of rotatable bonds is 4. The zero-order valence-electron chi connectivity index (χ0n) is 9.98. The van der Waals surface area contributed by atoms with Crippen LogP contribution in [0.4, 0.5) is 5.69 Å². The molecule has 0 bridgehead atoms. The molecule has 0 aliphatic rings. The monoisotopic (exact) mass is 335 g/mol. The molecule has 7 heteroatoms.